The van der Waals surface area contributed by atoms with Crippen LogP contribution >= 0.6 is 0 Å². The summed E-state index contributed by atoms with van der Waals surface area (Å²) in [7, 11) is 1.74. The second-order valence-electron chi connectivity index (χ2n) is 4.45. The Labute approximate surface area is 114 Å². The Kier molecular flexibility index (Phi) is 4.14. The van der Waals surface area contributed by atoms with Gasteiger partial charge in [-0.25, -0.2) is 0 Å². The van der Waals surface area contributed by atoms with Gasteiger partial charge in [-0.1, -0.05) is 54.1 Å². The first kappa shape index (κ1) is 13.1. The fraction of sp³-hybridized carbons (Fsp3) is 0.118. The van der Waals surface area contributed by atoms with Gasteiger partial charge in [0.05, 0.1) is 0 Å². The number of aliphatic imine (C=N–C) groups is 1. The molecular formula is C17H18N2. The van der Waals surface area contributed by atoms with Crippen molar-refractivity contribution >= 4 is 11.8 Å². The average Bonchev–Trinajstić information content (AvgIpc) is 2.46. The summed E-state index contributed by atoms with van der Waals surface area (Å²) in [6.45, 7) is 2.09. The van der Waals surface area contributed by atoms with Gasteiger partial charge in [0.1, 0.15) is 0 Å². The van der Waals surface area contributed by atoms with E-state index in [0.717, 1.165) is 11.1 Å². The molecule has 96 valence electrons. The third kappa shape index (κ3) is 3.10. The van der Waals surface area contributed by atoms with Crippen LogP contribution in [0.1, 0.15) is 11.1 Å². The van der Waals surface area contributed by atoms with Crippen LogP contribution in [-0.4, -0.2) is 13.3 Å². The summed E-state index contributed by atoms with van der Waals surface area (Å²) in [5.74, 6) is 0. The van der Waals surface area contributed by atoms with E-state index >= 15 is 0 Å². The van der Waals surface area contributed by atoms with Crippen LogP contribution in [0.3, 0.4) is 0 Å². The second kappa shape index (κ2) is 6.01. The first-order valence-electron chi connectivity index (χ1n) is 6.26. The molecule has 0 amide bonds. The van der Waals surface area contributed by atoms with E-state index in [1.54, 1.807) is 19.5 Å². The van der Waals surface area contributed by atoms with E-state index in [2.05, 4.69) is 60.4 Å². The molecule has 0 radical (unpaired) electrons. The third-order valence-corrected chi connectivity index (χ3v) is 3.05. The molecule has 2 aromatic rings. The van der Waals surface area contributed by atoms with Crippen LogP contribution < -0.4 is 5.73 Å². The number of hydrogen-bond donors (Lipinski definition) is 1. The van der Waals surface area contributed by atoms with Crippen molar-refractivity contribution in [2.45, 2.75) is 6.92 Å². The number of benzene rings is 2. The van der Waals surface area contributed by atoms with Crippen molar-refractivity contribution in [3.8, 4) is 11.1 Å². The van der Waals surface area contributed by atoms with Gasteiger partial charge in [0.25, 0.3) is 0 Å². The number of allylic oxidation sites excluding steroid dienone is 1. The van der Waals surface area contributed by atoms with Gasteiger partial charge < -0.3 is 5.73 Å². The van der Waals surface area contributed by atoms with Crippen molar-refractivity contribution < 1.29 is 0 Å². The van der Waals surface area contributed by atoms with Gasteiger partial charge in [-0.3, -0.25) is 4.99 Å². The fourth-order valence-electron chi connectivity index (χ4n) is 1.95. The van der Waals surface area contributed by atoms with Crippen molar-refractivity contribution in [2.75, 3.05) is 7.05 Å². The molecule has 0 aliphatic rings. The Morgan fingerprint density at radius 3 is 1.95 bits per heavy atom. The van der Waals surface area contributed by atoms with Crippen molar-refractivity contribution in [3.05, 3.63) is 65.9 Å². The van der Waals surface area contributed by atoms with Gasteiger partial charge in [0.2, 0.25) is 0 Å². The molecular weight excluding hydrogens is 232 g/mol. The SMILES string of the molecule is CN=C/C(=C\N)c1ccc(-c2ccc(C)cc2)cc1. The van der Waals surface area contributed by atoms with Crippen molar-refractivity contribution in [1.82, 2.24) is 0 Å². The second-order valence-corrected chi connectivity index (χ2v) is 4.45. The number of aryl methyl sites for hydroxylation is 1. The molecule has 19 heavy (non-hydrogen) atoms. The lowest BCUT2D eigenvalue weighted by Crippen LogP contribution is -1.91. The summed E-state index contributed by atoms with van der Waals surface area (Å²) in [6.07, 6.45) is 3.34. The molecule has 2 N–H and O–H groups in total. The van der Waals surface area contributed by atoms with Crippen LogP contribution in [0.2, 0.25) is 0 Å². The van der Waals surface area contributed by atoms with Crippen LogP contribution in [-0.2, 0) is 0 Å². The molecule has 0 atom stereocenters. The minimum absolute atomic E-state index is 0.929. The summed E-state index contributed by atoms with van der Waals surface area (Å²) in [5.41, 5.74) is 11.3. The van der Waals surface area contributed by atoms with Crippen molar-refractivity contribution in [1.29, 1.82) is 0 Å². The monoisotopic (exact) mass is 250 g/mol. The Bertz CT molecular complexity index is 590. The molecule has 0 heterocycles. The van der Waals surface area contributed by atoms with Gasteiger partial charge in [0.15, 0.2) is 0 Å². The van der Waals surface area contributed by atoms with Gasteiger partial charge >= 0.3 is 0 Å². The number of hydrogen-bond acceptors (Lipinski definition) is 2. The largest absolute Gasteiger partial charge is 0.404 e. The molecule has 2 aromatic carbocycles. The van der Waals surface area contributed by atoms with E-state index in [1.165, 1.54) is 16.7 Å². The highest BCUT2D eigenvalue weighted by molar-refractivity contribution is 6.09. The van der Waals surface area contributed by atoms with E-state index in [4.69, 9.17) is 5.73 Å². The quantitative estimate of drug-likeness (QED) is 0.829. The zero-order chi connectivity index (χ0) is 13.7. The molecule has 0 aromatic heterocycles. The molecule has 2 rings (SSSR count). The Morgan fingerprint density at radius 2 is 1.47 bits per heavy atom. The van der Waals surface area contributed by atoms with Gasteiger partial charge in [0, 0.05) is 25.0 Å². The highest BCUT2D eigenvalue weighted by Gasteiger charge is 2.00. The van der Waals surface area contributed by atoms with Crippen LogP contribution in [0.25, 0.3) is 16.7 Å². The minimum Gasteiger partial charge on any atom is -0.404 e. The van der Waals surface area contributed by atoms with Crippen LogP contribution in [0, 0.1) is 6.92 Å². The van der Waals surface area contributed by atoms with E-state index < -0.39 is 0 Å². The summed E-state index contributed by atoms with van der Waals surface area (Å²) < 4.78 is 0. The van der Waals surface area contributed by atoms with Gasteiger partial charge in [-0.2, -0.15) is 0 Å². The summed E-state index contributed by atoms with van der Waals surface area (Å²) >= 11 is 0. The maximum Gasteiger partial charge on any atom is 0.0301 e. The molecule has 0 saturated heterocycles. The maximum absolute atomic E-state index is 5.60. The van der Waals surface area contributed by atoms with Crippen LogP contribution in [0.15, 0.2) is 59.7 Å². The molecule has 2 nitrogen and oxygen atoms in total. The van der Waals surface area contributed by atoms with E-state index in [-0.39, 0.29) is 0 Å². The number of nitrogens with two attached hydrogens (primary N) is 1. The Balaban J connectivity index is 2.30. The lowest BCUT2D eigenvalue weighted by atomic mass is 10.0. The predicted octanol–water partition coefficient (Wildman–Crippen LogP) is 3.66. The summed E-state index contributed by atoms with van der Waals surface area (Å²) in [5, 5.41) is 0. The van der Waals surface area contributed by atoms with Crippen molar-refractivity contribution in [3.63, 3.8) is 0 Å². The first-order chi connectivity index (χ1) is 9.24. The third-order valence-electron chi connectivity index (χ3n) is 3.05. The van der Waals surface area contributed by atoms with E-state index in [1.807, 2.05) is 0 Å². The highest BCUT2D eigenvalue weighted by atomic mass is 14.6. The smallest absolute Gasteiger partial charge is 0.0301 e. The lowest BCUT2D eigenvalue weighted by Gasteiger charge is -2.05. The Hall–Kier alpha value is -2.35. The molecule has 0 saturated carbocycles. The highest BCUT2D eigenvalue weighted by Crippen LogP contribution is 2.22. The van der Waals surface area contributed by atoms with Gasteiger partial charge in [-0.05, 0) is 23.6 Å². The fourth-order valence-corrected chi connectivity index (χ4v) is 1.95. The molecule has 0 aliphatic carbocycles. The topological polar surface area (TPSA) is 38.4 Å². The van der Waals surface area contributed by atoms with E-state index in [0.29, 0.717) is 0 Å². The molecule has 0 aliphatic heterocycles. The normalized spacial score (nSPS) is 12.0. The zero-order valence-corrected chi connectivity index (χ0v) is 11.3. The van der Waals surface area contributed by atoms with Crippen LogP contribution in [0.4, 0.5) is 0 Å². The first-order valence-corrected chi connectivity index (χ1v) is 6.26. The number of rotatable bonds is 3. The zero-order valence-electron chi connectivity index (χ0n) is 11.3. The summed E-state index contributed by atoms with van der Waals surface area (Å²) in [4.78, 5) is 4.00. The average molecular weight is 250 g/mol. The number of nitrogens with zero attached hydrogens (tertiary/aromatic N) is 1. The summed E-state index contributed by atoms with van der Waals surface area (Å²) in [6, 6.07) is 16.9. The molecule has 0 bridgehead atoms. The molecule has 0 unspecified atom stereocenters. The molecule has 0 fully saturated rings. The predicted molar refractivity (Wildman–Crippen MR) is 83.2 cm³/mol. The lowest BCUT2D eigenvalue weighted by molar-refractivity contribution is 1.46. The molecule has 2 heteroatoms. The van der Waals surface area contributed by atoms with Crippen molar-refractivity contribution in [2.24, 2.45) is 10.7 Å². The van der Waals surface area contributed by atoms with Gasteiger partial charge in [-0.15, -0.1) is 0 Å². The standard InChI is InChI=1S/C17H18N2/c1-13-3-5-14(6-4-13)15-7-9-16(10-8-15)17(11-18)12-19-2/h3-12H,18H2,1-2H3/b17-11+,19-12?. The maximum atomic E-state index is 5.60. The van der Waals surface area contributed by atoms with E-state index in [9.17, 15) is 0 Å². The minimum atomic E-state index is 0.929. The Morgan fingerprint density at radius 1 is 0.947 bits per heavy atom. The van der Waals surface area contributed by atoms with Crippen LogP contribution in [0.5, 0.6) is 0 Å². The molecule has 0 spiro atoms.